The number of rotatable bonds is 4. The Morgan fingerprint density at radius 1 is 1.04 bits per heavy atom. The smallest absolute Gasteiger partial charge is 0.255 e. The molecule has 0 spiro atoms. The van der Waals surface area contributed by atoms with Crippen molar-refractivity contribution in [3.63, 3.8) is 0 Å². The highest BCUT2D eigenvalue weighted by atomic mass is 16.5. The van der Waals surface area contributed by atoms with Crippen molar-refractivity contribution in [3.05, 3.63) is 65.7 Å². The van der Waals surface area contributed by atoms with Crippen molar-refractivity contribution in [2.45, 2.75) is 25.6 Å². The Morgan fingerprint density at radius 3 is 2.39 bits per heavy atom. The fraction of sp³-hybridized carbons (Fsp3) is 0.316. The zero-order valence-corrected chi connectivity index (χ0v) is 13.2. The number of nitrogens with zero attached hydrogens (tertiary/aromatic N) is 1. The third-order valence-electron chi connectivity index (χ3n) is 4.25. The van der Waals surface area contributed by atoms with Crippen molar-refractivity contribution in [2.75, 3.05) is 18.8 Å². The quantitative estimate of drug-likeness (QED) is 0.883. The Morgan fingerprint density at radius 2 is 1.70 bits per heavy atom. The second-order valence-corrected chi connectivity index (χ2v) is 5.88. The van der Waals surface area contributed by atoms with E-state index < -0.39 is 0 Å². The summed E-state index contributed by atoms with van der Waals surface area (Å²) in [6.07, 6.45) is 1.95. The van der Waals surface area contributed by atoms with Gasteiger partial charge >= 0.3 is 0 Å². The molecular weight excluding hydrogens is 288 g/mol. The number of ether oxygens (including phenoxy) is 1. The Balaban J connectivity index is 1.50. The first-order chi connectivity index (χ1) is 11.2. The van der Waals surface area contributed by atoms with E-state index in [9.17, 15) is 4.79 Å². The van der Waals surface area contributed by atoms with E-state index in [1.807, 2.05) is 35.2 Å². The normalized spacial score (nSPS) is 15.6. The van der Waals surface area contributed by atoms with Gasteiger partial charge in [-0.25, -0.2) is 0 Å². The number of carbonyl (C=O) groups is 1. The molecule has 120 valence electrons. The van der Waals surface area contributed by atoms with E-state index >= 15 is 0 Å². The lowest BCUT2D eigenvalue weighted by Crippen LogP contribution is -2.41. The molecule has 4 heteroatoms. The fourth-order valence-electron chi connectivity index (χ4n) is 2.88. The van der Waals surface area contributed by atoms with Crippen LogP contribution in [0.25, 0.3) is 0 Å². The van der Waals surface area contributed by atoms with E-state index in [1.54, 1.807) is 12.1 Å². The van der Waals surface area contributed by atoms with Gasteiger partial charge in [0, 0.05) is 18.8 Å². The maximum absolute atomic E-state index is 12.5. The summed E-state index contributed by atoms with van der Waals surface area (Å²) in [4.78, 5) is 14.4. The molecule has 2 N–H and O–H groups in total. The zero-order chi connectivity index (χ0) is 16.1. The van der Waals surface area contributed by atoms with Gasteiger partial charge in [-0.15, -0.1) is 0 Å². The Kier molecular flexibility index (Phi) is 4.93. The van der Waals surface area contributed by atoms with E-state index in [0.29, 0.717) is 30.9 Å². The molecule has 1 fully saturated rings. The number of carbonyl (C=O) groups excluding carboxylic acids is 1. The standard InChI is InChI=1S/C19H22N2O2/c20-18-9-5-4-8-17(18)19(22)21-12-10-16(11-13-21)23-14-15-6-2-1-3-7-15/h1-9,16H,10-14,20H2. The number of benzene rings is 2. The van der Waals surface area contributed by atoms with Gasteiger partial charge in [0.15, 0.2) is 0 Å². The van der Waals surface area contributed by atoms with Crippen molar-refractivity contribution in [3.8, 4) is 0 Å². The molecule has 0 aliphatic carbocycles. The van der Waals surface area contributed by atoms with Gasteiger partial charge in [-0.2, -0.15) is 0 Å². The molecule has 0 aromatic heterocycles. The van der Waals surface area contributed by atoms with Crippen molar-refractivity contribution in [2.24, 2.45) is 0 Å². The third-order valence-corrected chi connectivity index (χ3v) is 4.25. The highest BCUT2D eigenvalue weighted by Crippen LogP contribution is 2.20. The summed E-state index contributed by atoms with van der Waals surface area (Å²) in [6, 6.07) is 17.4. The summed E-state index contributed by atoms with van der Waals surface area (Å²) in [5, 5.41) is 0. The van der Waals surface area contributed by atoms with E-state index in [4.69, 9.17) is 10.5 Å². The highest BCUT2D eigenvalue weighted by Gasteiger charge is 2.24. The first-order valence-corrected chi connectivity index (χ1v) is 8.03. The maximum Gasteiger partial charge on any atom is 0.255 e. The van der Waals surface area contributed by atoms with E-state index in [0.717, 1.165) is 12.8 Å². The number of piperidine rings is 1. The molecule has 0 atom stereocenters. The highest BCUT2D eigenvalue weighted by molar-refractivity contribution is 5.99. The van der Waals surface area contributed by atoms with Crippen LogP contribution in [0.4, 0.5) is 5.69 Å². The molecule has 0 bridgehead atoms. The largest absolute Gasteiger partial charge is 0.398 e. The van der Waals surface area contributed by atoms with Gasteiger partial charge in [0.1, 0.15) is 0 Å². The second-order valence-electron chi connectivity index (χ2n) is 5.88. The molecule has 1 heterocycles. The summed E-state index contributed by atoms with van der Waals surface area (Å²) in [5.41, 5.74) is 8.21. The Bertz CT molecular complexity index is 649. The minimum absolute atomic E-state index is 0.0182. The molecule has 0 saturated carbocycles. The molecule has 23 heavy (non-hydrogen) atoms. The molecule has 1 aliphatic heterocycles. The molecule has 3 rings (SSSR count). The predicted molar refractivity (Wildman–Crippen MR) is 91.0 cm³/mol. The molecule has 0 unspecified atom stereocenters. The van der Waals surface area contributed by atoms with Crippen LogP contribution in [0.1, 0.15) is 28.8 Å². The lowest BCUT2D eigenvalue weighted by molar-refractivity contribution is -0.000354. The summed E-state index contributed by atoms with van der Waals surface area (Å²) in [6.45, 7) is 2.06. The van der Waals surface area contributed by atoms with Crippen LogP contribution in [0, 0.1) is 0 Å². The van der Waals surface area contributed by atoms with Gasteiger partial charge in [0.2, 0.25) is 0 Å². The van der Waals surface area contributed by atoms with Crippen molar-refractivity contribution < 1.29 is 9.53 Å². The number of hydrogen-bond donors (Lipinski definition) is 1. The lowest BCUT2D eigenvalue weighted by atomic mass is 10.1. The molecule has 1 amide bonds. The van der Waals surface area contributed by atoms with Crippen molar-refractivity contribution in [1.82, 2.24) is 4.90 Å². The zero-order valence-electron chi connectivity index (χ0n) is 13.2. The van der Waals surface area contributed by atoms with Crippen LogP contribution in [0.5, 0.6) is 0 Å². The van der Waals surface area contributed by atoms with Crippen LogP contribution in [0.15, 0.2) is 54.6 Å². The lowest BCUT2D eigenvalue weighted by Gasteiger charge is -2.32. The topological polar surface area (TPSA) is 55.6 Å². The number of hydrogen-bond acceptors (Lipinski definition) is 3. The molecule has 1 saturated heterocycles. The first-order valence-electron chi connectivity index (χ1n) is 8.03. The third kappa shape index (κ3) is 3.90. The van der Waals surface area contributed by atoms with Crippen LogP contribution in [0.2, 0.25) is 0 Å². The van der Waals surface area contributed by atoms with Crippen LogP contribution in [0.3, 0.4) is 0 Å². The van der Waals surface area contributed by atoms with Gasteiger partial charge < -0.3 is 15.4 Å². The monoisotopic (exact) mass is 310 g/mol. The number of anilines is 1. The fourth-order valence-corrected chi connectivity index (χ4v) is 2.88. The summed E-state index contributed by atoms with van der Waals surface area (Å²) >= 11 is 0. The minimum atomic E-state index is 0.0182. The van der Waals surface area contributed by atoms with Crippen LogP contribution in [-0.4, -0.2) is 30.0 Å². The Hall–Kier alpha value is -2.33. The number of likely N-dealkylation sites (tertiary alicyclic amines) is 1. The molecule has 2 aromatic carbocycles. The van der Waals surface area contributed by atoms with Gasteiger partial charge in [-0.3, -0.25) is 4.79 Å². The first kappa shape index (κ1) is 15.6. The van der Waals surface area contributed by atoms with Gasteiger partial charge in [-0.1, -0.05) is 42.5 Å². The van der Waals surface area contributed by atoms with Gasteiger partial charge in [-0.05, 0) is 30.5 Å². The van der Waals surface area contributed by atoms with E-state index in [2.05, 4.69) is 12.1 Å². The van der Waals surface area contributed by atoms with E-state index in [-0.39, 0.29) is 12.0 Å². The SMILES string of the molecule is Nc1ccccc1C(=O)N1CCC(OCc2ccccc2)CC1. The maximum atomic E-state index is 12.5. The number of para-hydroxylation sites is 1. The second kappa shape index (κ2) is 7.29. The number of nitrogen functional groups attached to an aromatic ring is 1. The summed E-state index contributed by atoms with van der Waals surface area (Å²) < 4.78 is 5.96. The molecule has 0 radical (unpaired) electrons. The van der Waals surface area contributed by atoms with Gasteiger partial charge in [0.25, 0.3) is 5.91 Å². The van der Waals surface area contributed by atoms with Crippen LogP contribution < -0.4 is 5.73 Å². The molecule has 4 nitrogen and oxygen atoms in total. The van der Waals surface area contributed by atoms with Crippen LogP contribution in [-0.2, 0) is 11.3 Å². The molecular formula is C19H22N2O2. The number of nitrogens with two attached hydrogens (primary N) is 1. The van der Waals surface area contributed by atoms with E-state index in [1.165, 1.54) is 5.56 Å². The minimum Gasteiger partial charge on any atom is -0.398 e. The predicted octanol–water partition coefficient (Wildman–Crippen LogP) is 3.09. The van der Waals surface area contributed by atoms with Gasteiger partial charge in [0.05, 0.1) is 18.3 Å². The average Bonchev–Trinajstić information content (AvgIpc) is 2.61. The molecule has 1 aliphatic rings. The van der Waals surface area contributed by atoms with Crippen molar-refractivity contribution >= 4 is 11.6 Å². The molecule has 2 aromatic rings. The van der Waals surface area contributed by atoms with Crippen LogP contribution >= 0.6 is 0 Å². The average molecular weight is 310 g/mol. The van der Waals surface area contributed by atoms with Crippen molar-refractivity contribution in [1.29, 1.82) is 0 Å². The Labute approximate surface area is 136 Å². The summed E-state index contributed by atoms with van der Waals surface area (Å²) in [7, 11) is 0. The number of amides is 1. The summed E-state index contributed by atoms with van der Waals surface area (Å²) in [5.74, 6) is 0.0182.